The first-order chi connectivity index (χ1) is 23.8. The maximum atomic E-state index is 13.2. The predicted octanol–water partition coefficient (Wildman–Crippen LogP) is 3.41. The van der Waals surface area contributed by atoms with Crippen molar-refractivity contribution in [1.29, 1.82) is 0 Å². The highest BCUT2D eigenvalue weighted by molar-refractivity contribution is 5.92. The monoisotopic (exact) mass is 693 g/mol. The lowest BCUT2D eigenvalue weighted by Gasteiger charge is -2.26. The van der Waals surface area contributed by atoms with E-state index >= 15 is 0 Å². The van der Waals surface area contributed by atoms with Gasteiger partial charge in [-0.25, -0.2) is 4.79 Å². The van der Waals surface area contributed by atoms with Crippen LogP contribution in [0.2, 0.25) is 0 Å². The van der Waals surface area contributed by atoms with E-state index in [1.165, 1.54) is 0 Å². The molecule has 0 fully saturated rings. The summed E-state index contributed by atoms with van der Waals surface area (Å²) in [4.78, 5) is 75.5. The molecule has 0 heterocycles. The van der Waals surface area contributed by atoms with E-state index in [2.05, 4.69) is 21.3 Å². The molecule has 50 heavy (non-hydrogen) atoms. The summed E-state index contributed by atoms with van der Waals surface area (Å²) in [6.07, 6.45) is 4.97. The van der Waals surface area contributed by atoms with Crippen molar-refractivity contribution in [2.45, 2.75) is 116 Å². The predicted molar refractivity (Wildman–Crippen MR) is 191 cm³/mol. The number of amides is 5. The van der Waals surface area contributed by atoms with Gasteiger partial charge in [0, 0.05) is 25.7 Å². The van der Waals surface area contributed by atoms with Crippen LogP contribution in [0, 0.1) is 11.8 Å². The molecule has 7 N–H and O–H groups in total. The van der Waals surface area contributed by atoms with Gasteiger partial charge in [0.25, 0.3) is 0 Å². The van der Waals surface area contributed by atoms with Crippen LogP contribution in [-0.4, -0.2) is 64.8 Å². The summed E-state index contributed by atoms with van der Waals surface area (Å²) in [5.41, 5.74) is 7.20. The van der Waals surface area contributed by atoms with Crippen LogP contribution in [0.3, 0.4) is 0 Å². The number of aliphatic carboxylic acids is 1. The molecule has 2 aromatic rings. The zero-order chi connectivity index (χ0) is 37.1. The molecule has 0 unspecified atom stereocenters. The number of carboxylic acid groups (broad SMARTS) is 1. The number of nitrogens with one attached hydrogen (secondary N) is 4. The molecule has 0 aliphatic heterocycles. The number of unbranched alkanes of at least 4 members (excludes halogenated alkanes) is 4. The van der Waals surface area contributed by atoms with E-state index in [9.17, 15) is 33.9 Å². The zero-order valence-corrected chi connectivity index (χ0v) is 29.8. The number of carbonyl (C=O) groups is 6. The van der Waals surface area contributed by atoms with Gasteiger partial charge in [-0.05, 0) is 35.8 Å². The summed E-state index contributed by atoms with van der Waals surface area (Å²) >= 11 is 0. The normalized spacial score (nSPS) is 14.0. The number of hydrogen-bond donors (Lipinski definition) is 6. The molecule has 0 aliphatic rings. The van der Waals surface area contributed by atoms with Gasteiger partial charge < -0.3 is 32.1 Å². The highest BCUT2D eigenvalue weighted by atomic mass is 16.4. The fourth-order valence-electron chi connectivity index (χ4n) is 5.47. The van der Waals surface area contributed by atoms with Crippen LogP contribution in [-0.2, 0) is 41.6 Å². The van der Waals surface area contributed by atoms with Gasteiger partial charge in [-0.3, -0.25) is 24.0 Å². The van der Waals surface area contributed by atoms with Crippen LogP contribution in [0.1, 0.15) is 90.2 Å². The van der Waals surface area contributed by atoms with Crippen molar-refractivity contribution >= 4 is 35.5 Å². The van der Waals surface area contributed by atoms with Crippen LogP contribution < -0.4 is 27.0 Å². The van der Waals surface area contributed by atoms with E-state index in [1.807, 2.05) is 50.2 Å². The molecule has 2 aromatic carbocycles. The summed E-state index contributed by atoms with van der Waals surface area (Å²) in [6, 6.07) is 14.5. The largest absolute Gasteiger partial charge is 0.480 e. The molecule has 5 amide bonds. The Bertz CT molecular complexity index is 1390. The van der Waals surface area contributed by atoms with E-state index in [0.717, 1.165) is 30.4 Å². The summed E-state index contributed by atoms with van der Waals surface area (Å²) in [7, 11) is 0. The molecular weight excluding hydrogens is 638 g/mol. The van der Waals surface area contributed by atoms with Gasteiger partial charge in [0.2, 0.25) is 29.5 Å². The molecule has 0 bridgehead atoms. The molecule has 12 nitrogen and oxygen atoms in total. The van der Waals surface area contributed by atoms with Gasteiger partial charge in [0.05, 0.1) is 0 Å². The maximum absolute atomic E-state index is 13.2. The van der Waals surface area contributed by atoms with Crippen molar-refractivity contribution in [2.75, 3.05) is 0 Å². The van der Waals surface area contributed by atoms with Gasteiger partial charge >= 0.3 is 5.97 Å². The van der Waals surface area contributed by atoms with Gasteiger partial charge in [-0.15, -0.1) is 0 Å². The van der Waals surface area contributed by atoms with Crippen LogP contribution in [0.25, 0.3) is 0 Å². The Morgan fingerprint density at radius 2 is 1.04 bits per heavy atom. The summed E-state index contributed by atoms with van der Waals surface area (Å²) in [5.74, 6) is -3.74. The molecule has 0 saturated carbocycles. The second-order valence-electron chi connectivity index (χ2n) is 13.2. The summed E-state index contributed by atoms with van der Waals surface area (Å²) < 4.78 is 0. The number of rotatable bonds is 23. The fraction of sp³-hybridized carbons (Fsp3) is 0.526. The lowest BCUT2D eigenvalue weighted by atomic mass is 9.97. The van der Waals surface area contributed by atoms with E-state index in [0.29, 0.717) is 19.3 Å². The van der Waals surface area contributed by atoms with Gasteiger partial charge in [-0.1, -0.05) is 114 Å². The molecule has 12 heteroatoms. The van der Waals surface area contributed by atoms with Crippen LogP contribution in [0.5, 0.6) is 0 Å². The third kappa shape index (κ3) is 15.2. The summed E-state index contributed by atoms with van der Waals surface area (Å²) in [5, 5.41) is 20.5. The molecule has 0 radical (unpaired) electrons. The average molecular weight is 694 g/mol. The van der Waals surface area contributed by atoms with Crippen molar-refractivity contribution in [3.8, 4) is 0 Å². The van der Waals surface area contributed by atoms with Crippen molar-refractivity contribution in [1.82, 2.24) is 21.3 Å². The number of carbonyl (C=O) groups excluding carboxylic acids is 5. The molecule has 0 spiro atoms. The third-order valence-electron chi connectivity index (χ3n) is 8.73. The fourth-order valence-corrected chi connectivity index (χ4v) is 5.47. The first kappa shape index (κ1) is 41.4. The first-order valence-electron chi connectivity index (χ1n) is 17.6. The molecule has 0 aromatic heterocycles. The van der Waals surface area contributed by atoms with Crippen LogP contribution in [0.15, 0.2) is 60.7 Å². The Balaban J connectivity index is 1.74. The van der Waals surface area contributed by atoms with Gasteiger partial charge in [0.1, 0.15) is 24.2 Å². The SMILES string of the molecule is CC[C@@H](C)[C@H](NC(=O)CCCCCCCC(=O)N[C@H](C(=O)N[C@@H](Cc1ccccc1)C(=O)O)C(C)C)C(=O)N[C@@H](Cc1ccccc1)C(N)=O. The molecule has 0 aliphatic carbocycles. The average Bonchev–Trinajstić information content (AvgIpc) is 3.08. The smallest absolute Gasteiger partial charge is 0.326 e. The highest BCUT2D eigenvalue weighted by Crippen LogP contribution is 2.13. The second-order valence-corrected chi connectivity index (χ2v) is 13.2. The lowest BCUT2D eigenvalue weighted by Crippen LogP contribution is -2.55. The van der Waals surface area contributed by atoms with Crippen molar-refractivity contribution < 1.29 is 33.9 Å². The van der Waals surface area contributed by atoms with E-state index in [1.54, 1.807) is 38.1 Å². The minimum absolute atomic E-state index is 0.128. The van der Waals surface area contributed by atoms with E-state index in [4.69, 9.17) is 5.73 Å². The molecule has 274 valence electrons. The molecule has 2 rings (SSSR count). The van der Waals surface area contributed by atoms with Crippen molar-refractivity contribution in [3.63, 3.8) is 0 Å². The minimum atomic E-state index is -1.15. The Kier molecular flexibility index (Phi) is 18.3. The first-order valence-corrected chi connectivity index (χ1v) is 17.6. The standard InChI is InChI=1S/C38H55N5O7/c1-5-26(4)34(37(48)40-29(35(39)46)23-27-17-11-9-12-18-27)43-32(45)22-16-8-6-7-15-21-31(44)42-33(25(2)3)36(47)41-30(38(49)50)24-28-19-13-10-14-20-28/h9-14,17-20,25-26,29-30,33-34H,5-8,15-16,21-24H2,1-4H3,(H2,39,46)(H,40,48)(H,41,47)(H,42,44)(H,43,45)(H,49,50)/t26-,29+,30+,33+,34+/m1/s1. The topological polar surface area (TPSA) is 197 Å². The maximum Gasteiger partial charge on any atom is 0.326 e. The van der Waals surface area contributed by atoms with Gasteiger partial charge in [-0.2, -0.15) is 0 Å². The summed E-state index contributed by atoms with van der Waals surface area (Å²) in [6.45, 7) is 7.36. The third-order valence-corrected chi connectivity index (χ3v) is 8.73. The molecular formula is C38H55N5O7. The number of nitrogens with two attached hydrogens (primary N) is 1. The number of carboxylic acids is 1. The molecule has 5 atom stereocenters. The van der Waals surface area contributed by atoms with Crippen LogP contribution in [0.4, 0.5) is 0 Å². The number of hydrogen-bond acceptors (Lipinski definition) is 6. The van der Waals surface area contributed by atoms with Crippen molar-refractivity contribution in [3.05, 3.63) is 71.8 Å². The molecule has 0 saturated heterocycles. The van der Waals surface area contributed by atoms with Gasteiger partial charge in [0.15, 0.2) is 0 Å². The Morgan fingerprint density at radius 3 is 1.48 bits per heavy atom. The van der Waals surface area contributed by atoms with Crippen molar-refractivity contribution in [2.24, 2.45) is 17.6 Å². The quantitative estimate of drug-likeness (QED) is 0.0959. The van der Waals surface area contributed by atoms with Crippen LogP contribution >= 0.6 is 0 Å². The Hall–Kier alpha value is -4.74. The number of primary amides is 1. The Morgan fingerprint density at radius 1 is 0.620 bits per heavy atom. The number of benzene rings is 2. The highest BCUT2D eigenvalue weighted by Gasteiger charge is 2.30. The Labute approximate surface area is 295 Å². The minimum Gasteiger partial charge on any atom is -0.480 e. The van der Waals surface area contributed by atoms with E-state index in [-0.39, 0.29) is 49.3 Å². The second kappa shape index (κ2) is 22.1. The van der Waals surface area contributed by atoms with E-state index < -0.39 is 47.9 Å². The zero-order valence-electron chi connectivity index (χ0n) is 29.8. The lowest BCUT2D eigenvalue weighted by molar-refractivity contribution is -0.142.